The summed E-state index contributed by atoms with van der Waals surface area (Å²) < 4.78 is 7.09. The summed E-state index contributed by atoms with van der Waals surface area (Å²) in [5, 5.41) is 11.9. The first kappa shape index (κ1) is 20.1. The number of nitrogens with zero attached hydrogens (tertiary/aromatic N) is 5. The monoisotopic (exact) mass is 444 g/mol. The van der Waals surface area contributed by atoms with Crippen LogP contribution in [0.5, 0.6) is 0 Å². The second-order valence-electron chi connectivity index (χ2n) is 7.49. The van der Waals surface area contributed by atoms with Gasteiger partial charge in [-0.1, -0.05) is 5.16 Å². The SMILES string of the molecule is Cc1cc(-c2cc(C(=O)NCc3ccnc(-n4cccn4)c3)c3c(C)noc3n2)c(C)s1. The van der Waals surface area contributed by atoms with Gasteiger partial charge in [0.1, 0.15) is 0 Å². The first-order valence-electron chi connectivity index (χ1n) is 10.1. The predicted octanol–water partition coefficient (Wildman–Crippen LogP) is 4.39. The van der Waals surface area contributed by atoms with Crippen molar-refractivity contribution in [1.29, 1.82) is 0 Å². The van der Waals surface area contributed by atoms with Crippen LogP contribution in [0.1, 0.15) is 31.4 Å². The van der Waals surface area contributed by atoms with Crippen LogP contribution in [0.4, 0.5) is 0 Å². The van der Waals surface area contributed by atoms with Gasteiger partial charge in [-0.2, -0.15) is 5.10 Å². The summed E-state index contributed by atoms with van der Waals surface area (Å²) in [5.74, 6) is 0.473. The maximum Gasteiger partial charge on any atom is 0.259 e. The van der Waals surface area contributed by atoms with Gasteiger partial charge >= 0.3 is 0 Å². The van der Waals surface area contributed by atoms with E-state index >= 15 is 0 Å². The lowest BCUT2D eigenvalue weighted by atomic mass is 10.1. The minimum Gasteiger partial charge on any atom is -0.348 e. The maximum absolute atomic E-state index is 13.2. The van der Waals surface area contributed by atoms with Crippen LogP contribution in [0, 0.1) is 20.8 Å². The number of aromatic nitrogens is 5. The van der Waals surface area contributed by atoms with Crippen LogP contribution in [0.3, 0.4) is 0 Å². The second-order valence-corrected chi connectivity index (χ2v) is 8.95. The highest BCUT2D eigenvalue weighted by Gasteiger charge is 2.20. The Morgan fingerprint density at radius 1 is 1.19 bits per heavy atom. The lowest BCUT2D eigenvalue weighted by molar-refractivity contribution is 0.0952. The van der Waals surface area contributed by atoms with Crippen LogP contribution >= 0.6 is 11.3 Å². The van der Waals surface area contributed by atoms with Crippen molar-refractivity contribution in [3.63, 3.8) is 0 Å². The van der Waals surface area contributed by atoms with Crippen LogP contribution < -0.4 is 5.32 Å². The normalized spacial score (nSPS) is 11.2. The van der Waals surface area contributed by atoms with Crippen LogP contribution in [-0.2, 0) is 6.54 Å². The zero-order valence-electron chi connectivity index (χ0n) is 17.8. The number of carbonyl (C=O) groups excluding carboxylic acids is 1. The number of rotatable bonds is 5. The van der Waals surface area contributed by atoms with Gasteiger partial charge in [-0.25, -0.2) is 14.6 Å². The number of pyridine rings is 2. The number of carbonyl (C=O) groups is 1. The van der Waals surface area contributed by atoms with E-state index in [1.165, 1.54) is 4.88 Å². The highest BCUT2D eigenvalue weighted by molar-refractivity contribution is 7.12. The first-order chi connectivity index (χ1) is 15.5. The Morgan fingerprint density at radius 2 is 2.06 bits per heavy atom. The first-order valence-corrected chi connectivity index (χ1v) is 10.9. The molecule has 0 fully saturated rings. The molecule has 0 aliphatic rings. The van der Waals surface area contributed by atoms with Gasteiger partial charge in [0, 0.05) is 40.5 Å². The number of fused-ring (bicyclic) bond motifs is 1. The van der Waals surface area contributed by atoms with Crippen molar-refractivity contribution in [2.24, 2.45) is 0 Å². The molecule has 0 atom stereocenters. The lowest BCUT2D eigenvalue weighted by Crippen LogP contribution is -2.23. The average Bonchev–Trinajstić information content (AvgIpc) is 3.52. The molecule has 160 valence electrons. The molecule has 1 amide bonds. The zero-order chi connectivity index (χ0) is 22.2. The molecule has 9 heteroatoms. The van der Waals surface area contributed by atoms with E-state index in [1.54, 1.807) is 28.4 Å². The van der Waals surface area contributed by atoms with Gasteiger partial charge in [0.15, 0.2) is 5.82 Å². The fourth-order valence-corrected chi connectivity index (χ4v) is 4.61. The fourth-order valence-electron chi connectivity index (χ4n) is 3.67. The third-order valence-electron chi connectivity index (χ3n) is 5.18. The predicted molar refractivity (Wildman–Crippen MR) is 122 cm³/mol. The largest absolute Gasteiger partial charge is 0.348 e. The quantitative estimate of drug-likeness (QED) is 0.432. The van der Waals surface area contributed by atoms with Crippen molar-refractivity contribution < 1.29 is 9.32 Å². The summed E-state index contributed by atoms with van der Waals surface area (Å²) in [6, 6.07) is 9.48. The molecular weight excluding hydrogens is 424 g/mol. The van der Waals surface area contributed by atoms with Crippen molar-refractivity contribution in [3.05, 3.63) is 75.5 Å². The summed E-state index contributed by atoms with van der Waals surface area (Å²) in [4.78, 5) is 24.5. The summed E-state index contributed by atoms with van der Waals surface area (Å²) in [7, 11) is 0. The number of hydrogen-bond acceptors (Lipinski definition) is 7. The third-order valence-corrected chi connectivity index (χ3v) is 6.15. The summed E-state index contributed by atoms with van der Waals surface area (Å²) in [5.41, 5.74) is 4.09. The van der Waals surface area contributed by atoms with Crippen molar-refractivity contribution in [1.82, 2.24) is 30.2 Å². The van der Waals surface area contributed by atoms with Gasteiger partial charge < -0.3 is 9.84 Å². The number of aryl methyl sites for hydroxylation is 3. The molecule has 0 aromatic carbocycles. The van der Waals surface area contributed by atoms with E-state index in [0.717, 1.165) is 16.0 Å². The zero-order valence-corrected chi connectivity index (χ0v) is 18.6. The Kier molecular flexibility index (Phi) is 5.02. The van der Waals surface area contributed by atoms with Gasteiger partial charge in [0.05, 0.1) is 22.3 Å². The van der Waals surface area contributed by atoms with Crippen LogP contribution in [0.2, 0.25) is 0 Å². The molecule has 5 aromatic rings. The Bertz CT molecular complexity index is 1430. The molecule has 0 aliphatic carbocycles. The van der Waals surface area contributed by atoms with Crippen molar-refractivity contribution in [3.8, 4) is 17.1 Å². The van der Waals surface area contributed by atoms with E-state index in [4.69, 9.17) is 4.52 Å². The van der Waals surface area contributed by atoms with Gasteiger partial charge in [-0.3, -0.25) is 4.79 Å². The molecule has 32 heavy (non-hydrogen) atoms. The Hall–Kier alpha value is -3.85. The lowest BCUT2D eigenvalue weighted by Gasteiger charge is -2.09. The Morgan fingerprint density at radius 3 is 2.81 bits per heavy atom. The standard InChI is InChI=1S/C23H20N6O2S/c1-13-9-17(15(3)32-13)19-11-18(21-14(2)28-31-23(21)27-19)22(30)25-12-16-5-7-24-20(10-16)29-8-4-6-26-29/h4-11H,12H2,1-3H3,(H,25,30). The molecule has 0 aliphatic heterocycles. The van der Waals surface area contributed by atoms with Crippen molar-refractivity contribution in [2.75, 3.05) is 0 Å². The van der Waals surface area contributed by atoms with E-state index in [2.05, 4.69) is 38.5 Å². The third kappa shape index (κ3) is 3.67. The molecule has 0 unspecified atom stereocenters. The smallest absolute Gasteiger partial charge is 0.259 e. The molecule has 8 nitrogen and oxygen atoms in total. The van der Waals surface area contributed by atoms with E-state index in [1.807, 2.05) is 44.3 Å². The van der Waals surface area contributed by atoms with Gasteiger partial charge in [-0.15, -0.1) is 11.3 Å². The van der Waals surface area contributed by atoms with E-state index < -0.39 is 0 Å². The molecule has 5 heterocycles. The molecule has 0 spiro atoms. The molecule has 0 saturated heterocycles. The molecule has 0 bridgehead atoms. The van der Waals surface area contributed by atoms with Crippen molar-refractivity contribution in [2.45, 2.75) is 27.3 Å². The average molecular weight is 445 g/mol. The Balaban J connectivity index is 1.46. The maximum atomic E-state index is 13.2. The molecule has 0 saturated carbocycles. The minimum absolute atomic E-state index is 0.216. The Labute approximate surface area is 187 Å². The van der Waals surface area contributed by atoms with Crippen LogP contribution in [-0.4, -0.2) is 30.8 Å². The highest BCUT2D eigenvalue weighted by atomic mass is 32.1. The molecule has 0 radical (unpaired) electrons. The van der Waals surface area contributed by atoms with Gasteiger partial charge in [0.25, 0.3) is 11.6 Å². The molecular formula is C23H20N6O2S. The molecule has 5 aromatic heterocycles. The molecule has 5 rings (SSSR count). The summed E-state index contributed by atoms with van der Waals surface area (Å²) in [6.45, 7) is 6.25. The topological polar surface area (TPSA) is 98.7 Å². The summed E-state index contributed by atoms with van der Waals surface area (Å²) in [6.07, 6.45) is 5.22. The number of thiophene rings is 1. The van der Waals surface area contributed by atoms with Crippen molar-refractivity contribution >= 4 is 28.3 Å². The summed E-state index contributed by atoms with van der Waals surface area (Å²) >= 11 is 1.70. The highest BCUT2D eigenvalue weighted by Crippen LogP contribution is 2.32. The van der Waals surface area contributed by atoms with Gasteiger partial charge in [-0.05, 0) is 56.7 Å². The minimum atomic E-state index is -0.216. The second kappa shape index (κ2) is 8.01. The van der Waals surface area contributed by atoms with Crippen LogP contribution in [0.15, 0.2) is 53.4 Å². The number of hydrogen-bond donors (Lipinski definition) is 1. The molecule has 1 N–H and O–H groups in total. The fraction of sp³-hybridized carbons (Fsp3) is 0.174. The van der Waals surface area contributed by atoms with E-state index in [0.29, 0.717) is 40.4 Å². The number of amides is 1. The number of nitrogens with one attached hydrogen (secondary N) is 1. The van der Waals surface area contributed by atoms with E-state index in [9.17, 15) is 4.79 Å². The van der Waals surface area contributed by atoms with Crippen LogP contribution in [0.25, 0.3) is 28.2 Å². The van der Waals surface area contributed by atoms with Gasteiger partial charge in [0.2, 0.25) is 0 Å². The van der Waals surface area contributed by atoms with E-state index in [-0.39, 0.29) is 5.91 Å².